The number of carboxylic acids is 1. The van der Waals surface area contributed by atoms with E-state index in [9.17, 15) is 14.7 Å². The molecular weight excluding hydrogens is 338 g/mol. The van der Waals surface area contributed by atoms with E-state index in [1.54, 1.807) is 12.1 Å². The van der Waals surface area contributed by atoms with E-state index in [4.69, 9.17) is 5.11 Å². The predicted octanol–water partition coefficient (Wildman–Crippen LogP) is 2.17. The number of aliphatic carboxylic acids is 1. The van der Waals surface area contributed by atoms with Crippen LogP contribution in [0.5, 0.6) is 0 Å². The molecule has 1 amide bonds. The molecule has 6 heteroatoms. The minimum absolute atomic E-state index is 0.362. The molecule has 0 aliphatic carbocycles. The number of halogens is 1. The first-order chi connectivity index (χ1) is 9.79. The number of hydrogen-bond donors (Lipinski definition) is 3. The normalized spacial score (nSPS) is 13.7. The van der Waals surface area contributed by atoms with Gasteiger partial charge >= 0.3 is 5.97 Å². The summed E-state index contributed by atoms with van der Waals surface area (Å²) in [6.45, 7) is 0.771. The molecule has 0 aliphatic heterocycles. The van der Waals surface area contributed by atoms with Crippen LogP contribution in [0.1, 0.15) is 17.3 Å². The molecule has 5 nitrogen and oxygen atoms in total. The standard InChI is InChI=1S/C15H14BrNO4/c1-15(21,14(19)20)8-17-13(18)11-3-2-10-7-12(16)5-4-9(10)6-11/h2-7,21H,8H2,1H3,(H,17,18)(H,19,20). The molecule has 0 spiro atoms. The van der Waals surface area contributed by atoms with Crippen molar-refractivity contribution in [2.45, 2.75) is 12.5 Å². The molecule has 0 aliphatic rings. The van der Waals surface area contributed by atoms with Crippen LogP contribution in [-0.2, 0) is 4.79 Å². The first-order valence-electron chi connectivity index (χ1n) is 6.23. The van der Waals surface area contributed by atoms with Gasteiger partial charge in [-0.15, -0.1) is 0 Å². The second-order valence-electron chi connectivity index (χ2n) is 4.97. The van der Waals surface area contributed by atoms with Gasteiger partial charge in [-0.3, -0.25) is 4.79 Å². The number of aliphatic hydroxyl groups is 1. The zero-order valence-corrected chi connectivity index (χ0v) is 12.8. The topological polar surface area (TPSA) is 86.6 Å². The Morgan fingerprint density at radius 2 is 1.81 bits per heavy atom. The van der Waals surface area contributed by atoms with Crippen LogP contribution in [0.15, 0.2) is 40.9 Å². The molecule has 2 aromatic carbocycles. The van der Waals surface area contributed by atoms with Crippen molar-refractivity contribution >= 4 is 38.6 Å². The molecule has 0 aromatic heterocycles. The van der Waals surface area contributed by atoms with Gasteiger partial charge in [-0.2, -0.15) is 0 Å². The molecule has 0 saturated heterocycles. The number of benzene rings is 2. The molecule has 1 atom stereocenters. The Morgan fingerprint density at radius 3 is 2.48 bits per heavy atom. The van der Waals surface area contributed by atoms with Crippen LogP contribution < -0.4 is 5.32 Å². The van der Waals surface area contributed by atoms with Gasteiger partial charge in [-0.1, -0.05) is 28.1 Å². The molecule has 110 valence electrons. The Hall–Kier alpha value is -1.92. The zero-order valence-electron chi connectivity index (χ0n) is 11.3. The third-order valence-electron chi connectivity index (χ3n) is 3.12. The van der Waals surface area contributed by atoms with E-state index < -0.39 is 17.5 Å². The van der Waals surface area contributed by atoms with Crippen molar-refractivity contribution in [3.8, 4) is 0 Å². The first-order valence-corrected chi connectivity index (χ1v) is 7.02. The van der Waals surface area contributed by atoms with E-state index in [1.165, 1.54) is 0 Å². The maximum Gasteiger partial charge on any atom is 0.337 e. The van der Waals surface area contributed by atoms with Gasteiger partial charge in [0.05, 0.1) is 6.54 Å². The smallest absolute Gasteiger partial charge is 0.337 e. The summed E-state index contributed by atoms with van der Waals surface area (Å²) in [6, 6.07) is 10.9. The largest absolute Gasteiger partial charge is 0.479 e. The van der Waals surface area contributed by atoms with Crippen LogP contribution in [0.2, 0.25) is 0 Å². The minimum Gasteiger partial charge on any atom is -0.479 e. The summed E-state index contributed by atoms with van der Waals surface area (Å²) in [7, 11) is 0. The molecular formula is C15H14BrNO4. The Kier molecular flexibility index (Phi) is 4.29. The van der Waals surface area contributed by atoms with Crippen LogP contribution in [0.3, 0.4) is 0 Å². The van der Waals surface area contributed by atoms with Gasteiger partial charge in [0, 0.05) is 10.0 Å². The second kappa shape index (κ2) is 5.83. The summed E-state index contributed by atoms with van der Waals surface area (Å²) in [5, 5.41) is 22.7. The lowest BCUT2D eigenvalue weighted by atomic mass is 10.1. The molecule has 3 N–H and O–H groups in total. The van der Waals surface area contributed by atoms with E-state index in [1.807, 2.05) is 24.3 Å². The number of rotatable bonds is 4. The SMILES string of the molecule is CC(O)(CNC(=O)c1ccc2cc(Br)ccc2c1)C(=O)O. The number of nitrogens with one attached hydrogen (secondary N) is 1. The number of carbonyl (C=O) groups excluding carboxylic acids is 1. The number of carboxylic acid groups (broad SMARTS) is 1. The van der Waals surface area contributed by atoms with Crippen LogP contribution >= 0.6 is 15.9 Å². The number of fused-ring (bicyclic) bond motifs is 1. The summed E-state index contributed by atoms with van der Waals surface area (Å²) >= 11 is 3.38. The Balaban J connectivity index is 2.16. The van der Waals surface area contributed by atoms with Crippen molar-refractivity contribution in [3.63, 3.8) is 0 Å². The van der Waals surface area contributed by atoms with Crippen molar-refractivity contribution < 1.29 is 19.8 Å². The summed E-state index contributed by atoms with van der Waals surface area (Å²) in [6.07, 6.45) is 0. The van der Waals surface area contributed by atoms with Crippen LogP contribution in [0.25, 0.3) is 10.8 Å². The lowest BCUT2D eigenvalue weighted by Crippen LogP contribution is -2.46. The number of hydrogen-bond acceptors (Lipinski definition) is 3. The summed E-state index contributed by atoms with van der Waals surface area (Å²) in [4.78, 5) is 22.8. The first kappa shape index (κ1) is 15.5. The van der Waals surface area contributed by atoms with Crippen molar-refractivity contribution in [2.75, 3.05) is 6.54 Å². The van der Waals surface area contributed by atoms with Gasteiger partial charge < -0.3 is 15.5 Å². The predicted molar refractivity (Wildman–Crippen MR) is 82.2 cm³/mol. The maximum atomic E-state index is 12.0. The molecule has 0 bridgehead atoms. The Labute approximate surface area is 129 Å². The average Bonchev–Trinajstić information content (AvgIpc) is 2.44. The van der Waals surface area contributed by atoms with E-state index in [2.05, 4.69) is 21.2 Å². The minimum atomic E-state index is -1.99. The molecule has 0 fully saturated rings. The second-order valence-corrected chi connectivity index (χ2v) is 5.88. The van der Waals surface area contributed by atoms with Gasteiger partial charge in [-0.05, 0) is 42.0 Å². The van der Waals surface area contributed by atoms with E-state index in [0.29, 0.717) is 5.56 Å². The van der Waals surface area contributed by atoms with E-state index in [0.717, 1.165) is 22.2 Å². The molecule has 1 unspecified atom stereocenters. The van der Waals surface area contributed by atoms with Gasteiger partial charge in [0.2, 0.25) is 0 Å². The monoisotopic (exact) mass is 351 g/mol. The fourth-order valence-corrected chi connectivity index (χ4v) is 2.17. The highest BCUT2D eigenvalue weighted by atomic mass is 79.9. The van der Waals surface area contributed by atoms with Crippen molar-refractivity contribution in [1.29, 1.82) is 0 Å². The fraction of sp³-hybridized carbons (Fsp3) is 0.200. The van der Waals surface area contributed by atoms with Crippen molar-refractivity contribution in [1.82, 2.24) is 5.32 Å². The van der Waals surface area contributed by atoms with Crippen LogP contribution in [0.4, 0.5) is 0 Å². The molecule has 21 heavy (non-hydrogen) atoms. The fourth-order valence-electron chi connectivity index (χ4n) is 1.79. The third kappa shape index (κ3) is 3.59. The van der Waals surface area contributed by atoms with Gasteiger partial charge in [0.1, 0.15) is 0 Å². The maximum absolute atomic E-state index is 12.0. The van der Waals surface area contributed by atoms with Crippen LogP contribution in [0, 0.1) is 0 Å². The lowest BCUT2D eigenvalue weighted by molar-refractivity contribution is -0.155. The molecule has 0 heterocycles. The highest BCUT2D eigenvalue weighted by Gasteiger charge is 2.30. The highest BCUT2D eigenvalue weighted by molar-refractivity contribution is 9.10. The van der Waals surface area contributed by atoms with Gasteiger partial charge in [-0.25, -0.2) is 4.79 Å². The van der Waals surface area contributed by atoms with Crippen molar-refractivity contribution in [2.24, 2.45) is 0 Å². The van der Waals surface area contributed by atoms with E-state index >= 15 is 0 Å². The van der Waals surface area contributed by atoms with Crippen LogP contribution in [-0.4, -0.2) is 34.2 Å². The zero-order chi connectivity index (χ0) is 15.6. The Bertz CT molecular complexity index is 712. The van der Waals surface area contributed by atoms with Crippen molar-refractivity contribution in [3.05, 3.63) is 46.4 Å². The van der Waals surface area contributed by atoms with Gasteiger partial charge in [0.25, 0.3) is 5.91 Å². The highest BCUT2D eigenvalue weighted by Crippen LogP contribution is 2.21. The lowest BCUT2D eigenvalue weighted by Gasteiger charge is -2.18. The molecule has 0 saturated carbocycles. The summed E-state index contributed by atoms with van der Waals surface area (Å²) < 4.78 is 0.949. The van der Waals surface area contributed by atoms with E-state index in [-0.39, 0.29) is 6.54 Å². The number of carbonyl (C=O) groups is 2. The molecule has 2 aromatic rings. The number of amides is 1. The molecule has 0 radical (unpaired) electrons. The quantitative estimate of drug-likeness (QED) is 0.787. The Morgan fingerprint density at radius 1 is 1.19 bits per heavy atom. The molecule has 2 rings (SSSR count). The van der Waals surface area contributed by atoms with Gasteiger partial charge in [0.15, 0.2) is 5.60 Å². The summed E-state index contributed by atoms with van der Waals surface area (Å²) in [5.41, 5.74) is -1.58. The third-order valence-corrected chi connectivity index (χ3v) is 3.61. The summed E-state index contributed by atoms with van der Waals surface area (Å²) in [5.74, 6) is -1.81. The average molecular weight is 352 g/mol.